The fourth-order valence-corrected chi connectivity index (χ4v) is 4.68. The van der Waals surface area contributed by atoms with Crippen molar-refractivity contribution in [3.63, 3.8) is 0 Å². The molecular weight excluding hydrogens is 451 g/mol. The van der Waals surface area contributed by atoms with Crippen LogP contribution in [0.25, 0.3) is 0 Å². The summed E-state index contributed by atoms with van der Waals surface area (Å²) in [5, 5.41) is 3.35. The molecule has 0 amide bonds. The minimum atomic E-state index is -0.911. The summed E-state index contributed by atoms with van der Waals surface area (Å²) in [4.78, 5) is 17.0. The SMILES string of the molecule is CC1(c2cc(N=C(c3ccccc3)c3ccccc3)ccc2F)COC(c2ccccc2)C(C=O)N1. The molecule has 1 saturated heterocycles. The number of hydrogen-bond acceptors (Lipinski definition) is 4. The van der Waals surface area contributed by atoms with Crippen molar-refractivity contribution in [1.82, 2.24) is 5.32 Å². The maximum Gasteiger partial charge on any atom is 0.139 e. The number of morpholine rings is 1. The van der Waals surface area contributed by atoms with Crippen LogP contribution in [0, 0.1) is 5.82 Å². The van der Waals surface area contributed by atoms with Crippen LogP contribution >= 0.6 is 0 Å². The Morgan fingerprint density at radius 1 is 0.917 bits per heavy atom. The first kappa shape index (κ1) is 23.8. The van der Waals surface area contributed by atoms with E-state index in [1.807, 2.05) is 97.9 Å². The first-order valence-electron chi connectivity index (χ1n) is 12.0. The molecule has 3 atom stereocenters. The van der Waals surface area contributed by atoms with Crippen LogP contribution in [0.1, 0.15) is 35.3 Å². The van der Waals surface area contributed by atoms with E-state index in [0.29, 0.717) is 11.3 Å². The van der Waals surface area contributed by atoms with E-state index >= 15 is 4.39 Å². The van der Waals surface area contributed by atoms with E-state index in [1.165, 1.54) is 6.07 Å². The van der Waals surface area contributed by atoms with Gasteiger partial charge in [0.25, 0.3) is 0 Å². The molecule has 0 saturated carbocycles. The lowest BCUT2D eigenvalue weighted by molar-refractivity contribution is -0.121. The van der Waals surface area contributed by atoms with Gasteiger partial charge in [-0.05, 0) is 30.7 Å². The highest BCUT2D eigenvalue weighted by Gasteiger charge is 2.41. The third kappa shape index (κ3) is 4.89. The molecule has 0 bridgehead atoms. The molecule has 4 nitrogen and oxygen atoms in total. The molecule has 0 aromatic heterocycles. The van der Waals surface area contributed by atoms with E-state index in [2.05, 4.69) is 5.32 Å². The summed E-state index contributed by atoms with van der Waals surface area (Å²) in [7, 11) is 0. The molecule has 5 rings (SSSR count). The van der Waals surface area contributed by atoms with Crippen LogP contribution in [-0.4, -0.2) is 24.6 Å². The molecule has 4 aromatic rings. The van der Waals surface area contributed by atoms with Crippen molar-refractivity contribution in [1.29, 1.82) is 0 Å². The Morgan fingerprint density at radius 2 is 1.50 bits per heavy atom. The summed E-state index contributed by atoms with van der Waals surface area (Å²) in [6.45, 7) is 2.05. The van der Waals surface area contributed by atoms with Gasteiger partial charge < -0.3 is 9.53 Å². The van der Waals surface area contributed by atoms with E-state index in [-0.39, 0.29) is 12.4 Å². The van der Waals surface area contributed by atoms with E-state index in [9.17, 15) is 4.79 Å². The Labute approximate surface area is 210 Å². The van der Waals surface area contributed by atoms with Gasteiger partial charge in [-0.3, -0.25) is 5.32 Å². The second-order valence-corrected chi connectivity index (χ2v) is 9.14. The van der Waals surface area contributed by atoms with Gasteiger partial charge >= 0.3 is 0 Å². The molecule has 0 spiro atoms. The van der Waals surface area contributed by atoms with Gasteiger partial charge in [0.1, 0.15) is 18.2 Å². The highest BCUT2D eigenvalue weighted by molar-refractivity contribution is 6.13. The number of halogens is 1. The van der Waals surface area contributed by atoms with E-state index < -0.39 is 17.7 Å². The summed E-state index contributed by atoms with van der Waals surface area (Å²) in [6, 6.07) is 33.6. The maximum absolute atomic E-state index is 15.2. The second kappa shape index (κ2) is 10.4. The van der Waals surface area contributed by atoms with Gasteiger partial charge in [-0.1, -0.05) is 91.0 Å². The summed E-state index contributed by atoms with van der Waals surface area (Å²) >= 11 is 0. The normalized spacial score (nSPS) is 21.5. The molecule has 1 fully saturated rings. The van der Waals surface area contributed by atoms with Crippen LogP contribution in [0.5, 0.6) is 0 Å². The van der Waals surface area contributed by atoms with Crippen molar-refractivity contribution in [3.05, 3.63) is 137 Å². The number of aliphatic imine (C=N–C) groups is 1. The van der Waals surface area contributed by atoms with Gasteiger partial charge in [0.05, 0.1) is 29.6 Å². The number of aldehydes is 1. The average Bonchev–Trinajstić information content (AvgIpc) is 2.94. The fraction of sp³-hybridized carbons (Fsp3) is 0.161. The number of hydrogen-bond donors (Lipinski definition) is 1. The minimum absolute atomic E-state index is 0.200. The zero-order valence-electron chi connectivity index (χ0n) is 20.0. The molecule has 1 aliphatic rings. The Hall–Kier alpha value is -3.93. The monoisotopic (exact) mass is 478 g/mol. The van der Waals surface area contributed by atoms with Crippen LogP contribution in [0.3, 0.4) is 0 Å². The first-order valence-corrected chi connectivity index (χ1v) is 12.0. The quantitative estimate of drug-likeness (QED) is 0.268. The molecule has 1 N–H and O–H groups in total. The molecule has 5 heteroatoms. The number of nitrogens with zero attached hydrogens (tertiary/aromatic N) is 1. The molecule has 3 unspecified atom stereocenters. The van der Waals surface area contributed by atoms with Crippen molar-refractivity contribution < 1.29 is 13.9 Å². The summed E-state index contributed by atoms with van der Waals surface area (Å²) in [6.07, 6.45) is 0.390. The molecule has 180 valence electrons. The van der Waals surface area contributed by atoms with Crippen molar-refractivity contribution in [2.24, 2.45) is 4.99 Å². The summed E-state index contributed by atoms with van der Waals surface area (Å²) in [5.74, 6) is -0.378. The molecular formula is C31H27FN2O2. The molecule has 36 heavy (non-hydrogen) atoms. The highest BCUT2D eigenvalue weighted by atomic mass is 19.1. The largest absolute Gasteiger partial charge is 0.369 e. The number of carbonyl (C=O) groups excluding carboxylic acids is 1. The van der Waals surface area contributed by atoms with Gasteiger partial charge in [0.15, 0.2) is 0 Å². The molecule has 1 aliphatic heterocycles. The van der Waals surface area contributed by atoms with Crippen LogP contribution in [0.15, 0.2) is 114 Å². The lowest BCUT2D eigenvalue weighted by atomic mass is 9.87. The lowest BCUT2D eigenvalue weighted by Gasteiger charge is -2.42. The maximum atomic E-state index is 15.2. The van der Waals surface area contributed by atoms with Crippen LogP contribution in [0.2, 0.25) is 0 Å². The Morgan fingerprint density at radius 3 is 2.08 bits per heavy atom. The number of benzene rings is 4. The third-order valence-electron chi connectivity index (χ3n) is 6.52. The van der Waals surface area contributed by atoms with E-state index in [0.717, 1.165) is 28.7 Å². The predicted octanol–water partition coefficient (Wildman–Crippen LogP) is 6.14. The van der Waals surface area contributed by atoms with Gasteiger partial charge in [-0.2, -0.15) is 0 Å². The lowest BCUT2D eigenvalue weighted by Crippen LogP contribution is -2.57. The zero-order chi connectivity index (χ0) is 25.0. The zero-order valence-corrected chi connectivity index (χ0v) is 20.0. The summed E-state index contributed by atoms with van der Waals surface area (Å²) in [5.41, 5.74) is 3.73. The van der Waals surface area contributed by atoms with Gasteiger partial charge in [-0.25, -0.2) is 9.38 Å². The van der Waals surface area contributed by atoms with Crippen molar-refractivity contribution in [2.75, 3.05) is 6.61 Å². The van der Waals surface area contributed by atoms with Crippen LogP contribution in [0.4, 0.5) is 10.1 Å². The fourth-order valence-electron chi connectivity index (χ4n) is 4.68. The third-order valence-corrected chi connectivity index (χ3v) is 6.52. The van der Waals surface area contributed by atoms with Gasteiger partial charge in [-0.15, -0.1) is 0 Å². The Kier molecular flexibility index (Phi) is 6.85. The predicted molar refractivity (Wildman–Crippen MR) is 140 cm³/mol. The summed E-state index contributed by atoms with van der Waals surface area (Å²) < 4.78 is 21.4. The van der Waals surface area contributed by atoms with Crippen molar-refractivity contribution in [2.45, 2.75) is 24.6 Å². The first-order chi connectivity index (χ1) is 17.6. The minimum Gasteiger partial charge on any atom is -0.369 e. The number of carbonyl (C=O) groups is 1. The standard InChI is InChI=1S/C31H27FN2O2/c1-31(21-36-30(28(20-35)34-31)24-15-9-4-10-16-24)26-19-25(17-18-27(26)32)33-29(22-11-5-2-6-12-22)23-13-7-3-8-14-23/h2-20,28,30,34H,21H2,1H3. The topological polar surface area (TPSA) is 50.7 Å². The number of ether oxygens (including phenoxy) is 1. The molecule has 4 aromatic carbocycles. The Balaban J connectivity index is 1.51. The van der Waals surface area contributed by atoms with E-state index in [1.54, 1.807) is 12.1 Å². The molecule has 0 aliphatic carbocycles. The van der Waals surface area contributed by atoms with Crippen LogP contribution in [-0.2, 0) is 15.1 Å². The average molecular weight is 479 g/mol. The molecule has 1 heterocycles. The number of nitrogens with one attached hydrogen (secondary N) is 1. The second-order valence-electron chi connectivity index (χ2n) is 9.14. The van der Waals surface area contributed by atoms with E-state index in [4.69, 9.17) is 9.73 Å². The highest BCUT2D eigenvalue weighted by Crippen LogP contribution is 2.36. The molecule has 0 radical (unpaired) electrons. The Bertz CT molecular complexity index is 1320. The number of rotatable bonds is 6. The van der Waals surface area contributed by atoms with Gasteiger partial charge in [0.2, 0.25) is 0 Å². The van der Waals surface area contributed by atoms with Crippen molar-refractivity contribution >= 4 is 17.7 Å². The van der Waals surface area contributed by atoms with Crippen LogP contribution < -0.4 is 5.32 Å². The van der Waals surface area contributed by atoms with Gasteiger partial charge in [0, 0.05) is 16.7 Å². The van der Waals surface area contributed by atoms with Crippen molar-refractivity contribution in [3.8, 4) is 0 Å². The smallest absolute Gasteiger partial charge is 0.139 e.